The molecule has 4 heteroatoms. The highest BCUT2D eigenvalue weighted by Gasteiger charge is 2.24. The minimum Gasteiger partial charge on any atom is -0.389 e. The van der Waals surface area contributed by atoms with Gasteiger partial charge in [-0.1, -0.05) is 36.5 Å². The molecule has 1 aliphatic rings. The number of benzene rings is 1. The van der Waals surface area contributed by atoms with Crippen molar-refractivity contribution in [1.29, 1.82) is 0 Å². The third-order valence-electron chi connectivity index (χ3n) is 3.54. The second-order valence-electron chi connectivity index (χ2n) is 4.78. The predicted octanol–water partition coefficient (Wildman–Crippen LogP) is 2.47. The molecule has 3 rings (SSSR count). The molecule has 1 heterocycles. The van der Waals surface area contributed by atoms with Crippen molar-refractivity contribution < 1.29 is 0 Å². The molecule has 96 valence electrons. The molecule has 0 amide bonds. The van der Waals surface area contributed by atoms with Crippen molar-refractivity contribution in [2.24, 2.45) is 5.73 Å². The Hall–Kier alpha value is -1.94. The van der Waals surface area contributed by atoms with Crippen LogP contribution in [0.15, 0.2) is 42.6 Å². The Balaban J connectivity index is 1.60. The van der Waals surface area contributed by atoms with Gasteiger partial charge in [0.1, 0.15) is 10.8 Å². The Labute approximate surface area is 117 Å². The van der Waals surface area contributed by atoms with Gasteiger partial charge in [-0.15, -0.1) is 0 Å². The van der Waals surface area contributed by atoms with Crippen LogP contribution in [0.25, 0.3) is 0 Å². The van der Waals surface area contributed by atoms with Crippen molar-refractivity contribution >= 4 is 23.0 Å². The molecular formula is C15H15N3S. The van der Waals surface area contributed by atoms with E-state index in [0.29, 0.717) is 10.9 Å². The molecule has 3 nitrogen and oxygen atoms in total. The number of hydrogen-bond donors (Lipinski definition) is 2. The van der Waals surface area contributed by atoms with E-state index < -0.39 is 0 Å². The van der Waals surface area contributed by atoms with Crippen molar-refractivity contribution in [2.45, 2.75) is 12.3 Å². The van der Waals surface area contributed by atoms with Gasteiger partial charge in [0.05, 0.1) is 0 Å². The average Bonchev–Trinajstić information content (AvgIpc) is 2.40. The van der Waals surface area contributed by atoms with E-state index >= 15 is 0 Å². The topological polar surface area (TPSA) is 50.9 Å². The Kier molecular flexibility index (Phi) is 3.17. The van der Waals surface area contributed by atoms with Crippen LogP contribution in [0, 0.1) is 0 Å². The van der Waals surface area contributed by atoms with E-state index in [1.165, 1.54) is 11.1 Å². The van der Waals surface area contributed by atoms with E-state index in [9.17, 15) is 0 Å². The Morgan fingerprint density at radius 3 is 2.84 bits per heavy atom. The number of fused-ring (bicyclic) bond motifs is 1. The quantitative estimate of drug-likeness (QED) is 0.837. The van der Waals surface area contributed by atoms with Crippen LogP contribution in [-0.2, 0) is 6.42 Å². The summed E-state index contributed by atoms with van der Waals surface area (Å²) in [6.45, 7) is 0.913. The van der Waals surface area contributed by atoms with E-state index in [1.54, 1.807) is 6.20 Å². The normalized spacial score (nSPS) is 16.3. The number of nitrogens with two attached hydrogens (primary N) is 1. The summed E-state index contributed by atoms with van der Waals surface area (Å²) in [7, 11) is 0. The number of aromatic nitrogens is 1. The second-order valence-corrected chi connectivity index (χ2v) is 5.22. The molecule has 1 unspecified atom stereocenters. The smallest absolute Gasteiger partial charge is 0.125 e. The largest absolute Gasteiger partial charge is 0.389 e. The zero-order chi connectivity index (χ0) is 13.2. The van der Waals surface area contributed by atoms with Crippen molar-refractivity contribution in [1.82, 2.24) is 4.98 Å². The lowest BCUT2D eigenvalue weighted by atomic mass is 9.77. The third-order valence-corrected chi connectivity index (χ3v) is 3.77. The second kappa shape index (κ2) is 4.97. The van der Waals surface area contributed by atoms with Crippen LogP contribution < -0.4 is 11.1 Å². The highest BCUT2D eigenvalue weighted by Crippen LogP contribution is 2.34. The molecule has 3 N–H and O–H groups in total. The summed E-state index contributed by atoms with van der Waals surface area (Å²) >= 11 is 4.90. The maximum absolute atomic E-state index is 5.54. The van der Waals surface area contributed by atoms with Gasteiger partial charge in [0.25, 0.3) is 0 Å². The number of rotatable bonds is 4. The zero-order valence-corrected chi connectivity index (χ0v) is 11.3. The lowest BCUT2D eigenvalue weighted by Crippen LogP contribution is -2.24. The summed E-state index contributed by atoms with van der Waals surface area (Å²) in [5.41, 5.74) is 9.26. The number of nitrogens with zero attached hydrogens (tertiary/aromatic N) is 1. The highest BCUT2D eigenvalue weighted by molar-refractivity contribution is 7.80. The van der Waals surface area contributed by atoms with E-state index in [2.05, 4.69) is 34.6 Å². The van der Waals surface area contributed by atoms with Gasteiger partial charge in [0, 0.05) is 24.2 Å². The molecule has 0 saturated carbocycles. The molecule has 1 aromatic heterocycles. The van der Waals surface area contributed by atoms with Gasteiger partial charge in [-0.05, 0) is 29.7 Å². The molecule has 19 heavy (non-hydrogen) atoms. The summed E-state index contributed by atoms with van der Waals surface area (Å²) in [6, 6.07) is 12.4. The van der Waals surface area contributed by atoms with Crippen molar-refractivity contribution in [3.05, 3.63) is 59.3 Å². The van der Waals surface area contributed by atoms with Crippen LogP contribution in [0.3, 0.4) is 0 Å². The molecule has 0 aliphatic heterocycles. The van der Waals surface area contributed by atoms with Gasteiger partial charge < -0.3 is 11.1 Å². The van der Waals surface area contributed by atoms with Gasteiger partial charge in [-0.2, -0.15) is 0 Å². The van der Waals surface area contributed by atoms with E-state index in [-0.39, 0.29) is 0 Å². The molecule has 0 radical (unpaired) electrons. The van der Waals surface area contributed by atoms with E-state index in [0.717, 1.165) is 24.3 Å². The predicted molar refractivity (Wildman–Crippen MR) is 81.5 cm³/mol. The first-order valence-corrected chi connectivity index (χ1v) is 6.72. The van der Waals surface area contributed by atoms with Crippen LogP contribution in [-0.4, -0.2) is 16.5 Å². The molecular weight excluding hydrogens is 254 g/mol. The average molecular weight is 269 g/mol. The molecule has 1 aromatic carbocycles. The fourth-order valence-corrected chi connectivity index (χ4v) is 2.54. The van der Waals surface area contributed by atoms with Crippen molar-refractivity contribution in [2.75, 3.05) is 11.9 Å². The molecule has 0 fully saturated rings. The van der Waals surface area contributed by atoms with Crippen LogP contribution in [0.5, 0.6) is 0 Å². The standard InChI is InChI=1S/C15H15N3S/c16-15(19)11-5-6-14(17-8-11)18-9-12-7-10-3-1-2-4-13(10)12/h1-6,8,12H,7,9H2,(H2,16,19)(H,17,18). The van der Waals surface area contributed by atoms with Crippen LogP contribution in [0.2, 0.25) is 0 Å². The first-order valence-electron chi connectivity index (χ1n) is 6.31. The highest BCUT2D eigenvalue weighted by atomic mass is 32.1. The lowest BCUT2D eigenvalue weighted by Gasteiger charge is -2.30. The summed E-state index contributed by atoms with van der Waals surface area (Å²) < 4.78 is 0. The monoisotopic (exact) mass is 269 g/mol. The first kappa shape index (κ1) is 12.1. The van der Waals surface area contributed by atoms with Crippen molar-refractivity contribution in [3.8, 4) is 0 Å². The molecule has 1 atom stereocenters. The SMILES string of the molecule is NC(=S)c1ccc(NCC2Cc3ccccc32)nc1. The van der Waals surface area contributed by atoms with Crippen LogP contribution in [0.4, 0.5) is 5.82 Å². The molecule has 0 spiro atoms. The summed E-state index contributed by atoms with van der Waals surface area (Å²) in [6.07, 6.45) is 2.85. The number of hydrogen-bond acceptors (Lipinski definition) is 3. The minimum absolute atomic E-state index is 0.381. The number of thiocarbonyl (C=S) groups is 1. The summed E-state index contributed by atoms with van der Waals surface area (Å²) in [5, 5.41) is 3.36. The summed E-state index contributed by atoms with van der Waals surface area (Å²) in [4.78, 5) is 4.69. The van der Waals surface area contributed by atoms with Crippen LogP contribution >= 0.6 is 12.2 Å². The van der Waals surface area contributed by atoms with Gasteiger partial charge >= 0.3 is 0 Å². The fraction of sp³-hybridized carbons (Fsp3) is 0.200. The van der Waals surface area contributed by atoms with Crippen molar-refractivity contribution in [3.63, 3.8) is 0 Å². The summed E-state index contributed by atoms with van der Waals surface area (Å²) in [5.74, 6) is 1.46. The molecule has 2 aromatic rings. The number of anilines is 1. The molecule has 0 saturated heterocycles. The molecule has 0 bridgehead atoms. The third kappa shape index (κ3) is 2.44. The van der Waals surface area contributed by atoms with Gasteiger partial charge in [0.2, 0.25) is 0 Å². The minimum atomic E-state index is 0.381. The Morgan fingerprint density at radius 1 is 1.32 bits per heavy atom. The molecule has 1 aliphatic carbocycles. The van der Waals surface area contributed by atoms with Gasteiger partial charge in [0.15, 0.2) is 0 Å². The van der Waals surface area contributed by atoms with Gasteiger partial charge in [-0.25, -0.2) is 4.98 Å². The Bertz CT molecular complexity index is 607. The lowest BCUT2D eigenvalue weighted by molar-refractivity contribution is 0.634. The number of pyridine rings is 1. The maximum Gasteiger partial charge on any atom is 0.125 e. The fourth-order valence-electron chi connectivity index (χ4n) is 2.42. The van der Waals surface area contributed by atoms with Gasteiger partial charge in [-0.3, -0.25) is 0 Å². The first-order chi connectivity index (χ1) is 9.24. The maximum atomic E-state index is 5.54. The Morgan fingerprint density at radius 2 is 2.16 bits per heavy atom. The number of nitrogens with one attached hydrogen (secondary N) is 1. The van der Waals surface area contributed by atoms with E-state index in [1.807, 2.05) is 12.1 Å². The zero-order valence-electron chi connectivity index (χ0n) is 10.5. The van der Waals surface area contributed by atoms with E-state index in [4.69, 9.17) is 18.0 Å². The van der Waals surface area contributed by atoms with Crippen LogP contribution in [0.1, 0.15) is 22.6 Å².